The monoisotopic (exact) mass is 651 g/mol. The Hall–Kier alpha value is -3.88. The van der Waals surface area contributed by atoms with E-state index in [1.807, 2.05) is 96.1 Å². The topological polar surface area (TPSA) is 114 Å². The molecule has 0 saturated heterocycles. The van der Waals surface area contributed by atoms with Crippen LogP contribution in [-0.2, 0) is 30.3 Å². The van der Waals surface area contributed by atoms with Crippen molar-refractivity contribution in [1.82, 2.24) is 15.5 Å². The van der Waals surface area contributed by atoms with Gasteiger partial charge in [-0.15, -0.1) is 0 Å². The van der Waals surface area contributed by atoms with Gasteiger partial charge in [-0.1, -0.05) is 87.4 Å². The number of nitrogens with zero attached hydrogens (tertiary/aromatic N) is 1. The number of hydrogen-bond donors (Lipinski definition) is 2. The van der Waals surface area contributed by atoms with Crippen molar-refractivity contribution in [3.8, 4) is 0 Å². The maximum atomic E-state index is 14.8. The van der Waals surface area contributed by atoms with Gasteiger partial charge in [-0.2, -0.15) is 0 Å². The van der Waals surface area contributed by atoms with Crippen molar-refractivity contribution in [3.05, 3.63) is 71.3 Å². The van der Waals surface area contributed by atoms with Gasteiger partial charge in [0.1, 0.15) is 29.3 Å². The second kappa shape index (κ2) is 16.3. The van der Waals surface area contributed by atoms with E-state index in [2.05, 4.69) is 10.6 Å². The van der Waals surface area contributed by atoms with Crippen molar-refractivity contribution in [2.45, 2.75) is 137 Å². The van der Waals surface area contributed by atoms with Crippen LogP contribution in [0.2, 0.25) is 0 Å². The van der Waals surface area contributed by atoms with Gasteiger partial charge in [0.15, 0.2) is 0 Å². The Bertz CT molecular complexity index is 1340. The molecule has 0 bridgehead atoms. The number of amides is 3. The van der Waals surface area contributed by atoms with E-state index in [1.54, 1.807) is 46.4 Å². The van der Waals surface area contributed by atoms with Crippen LogP contribution in [0, 0.1) is 12.8 Å². The third-order valence-corrected chi connectivity index (χ3v) is 8.10. The van der Waals surface area contributed by atoms with Gasteiger partial charge < -0.3 is 25.0 Å². The second-order valence-electron chi connectivity index (χ2n) is 15.0. The van der Waals surface area contributed by atoms with E-state index in [-0.39, 0.29) is 12.3 Å². The van der Waals surface area contributed by atoms with Gasteiger partial charge in [-0.05, 0) is 85.8 Å². The van der Waals surface area contributed by atoms with E-state index >= 15 is 0 Å². The predicted octanol–water partition coefficient (Wildman–Crippen LogP) is 7.06. The van der Waals surface area contributed by atoms with Gasteiger partial charge in [0.2, 0.25) is 11.8 Å². The van der Waals surface area contributed by atoms with Gasteiger partial charge in [0, 0.05) is 12.0 Å². The van der Waals surface area contributed by atoms with Crippen molar-refractivity contribution in [2.75, 3.05) is 0 Å². The van der Waals surface area contributed by atoms with Crippen LogP contribution < -0.4 is 10.6 Å². The fourth-order valence-electron chi connectivity index (χ4n) is 5.05. The van der Waals surface area contributed by atoms with Gasteiger partial charge in [0.25, 0.3) is 0 Å². The highest BCUT2D eigenvalue weighted by Gasteiger charge is 2.45. The molecule has 2 aromatic rings. The lowest BCUT2D eigenvalue weighted by molar-refractivity contribution is -0.159. The maximum absolute atomic E-state index is 14.8. The summed E-state index contributed by atoms with van der Waals surface area (Å²) in [5.41, 5.74) is 0.0132. The van der Waals surface area contributed by atoms with Crippen LogP contribution in [-0.4, -0.2) is 57.6 Å². The average Bonchev–Trinajstić information content (AvgIpc) is 2.96. The van der Waals surface area contributed by atoms with Crippen LogP contribution in [0.25, 0.3) is 0 Å². The summed E-state index contributed by atoms with van der Waals surface area (Å²) in [7, 11) is 0. The summed E-state index contributed by atoms with van der Waals surface area (Å²) in [6.45, 7) is 22.1. The molecular formula is C38H57N3O6. The van der Waals surface area contributed by atoms with Crippen molar-refractivity contribution in [1.29, 1.82) is 0 Å². The second-order valence-corrected chi connectivity index (χ2v) is 15.0. The molecule has 2 aromatic carbocycles. The first-order valence-corrected chi connectivity index (χ1v) is 16.7. The molecule has 0 aromatic heterocycles. The Labute approximate surface area is 282 Å². The van der Waals surface area contributed by atoms with Crippen LogP contribution in [0.3, 0.4) is 0 Å². The Morgan fingerprint density at radius 3 is 1.83 bits per heavy atom. The first-order chi connectivity index (χ1) is 21.7. The van der Waals surface area contributed by atoms with E-state index < -0.39 is 58.7 Å². The first kappa shape index (κ1) is 39.3. The van der Waals surface area contributed by atoms with Crippen molar-refractivity contribution < 1.29 is 28.7 Å². The summed E-state index contributed by atoms with van der Waals surface area (Å²) in [6.07, 6.45) is 0.581. The highest BCUT2D eigenvalue weighted by molar-refractivity contribution is 5.94. The normalized spacial score (nSPS) is 14.6. The summed E-state index contributed by atoms with van der Waals surface area (Å²) >= 11 is 0. The minimum atomic E-state index is -1.13. The standard InChI is InChI=1S/C38H57N3O6/c1-13-26(4)30(40-35(45)47-37(8,9)10)33(43)41(38(11,12)14-2)31(28-22-20-25(3)21-23-28)32(42)39-29(34(44)46-36(5,6)7)24-27-18-16-15-17-19-27/h15-23,26,29-31H,13-14,24H2,1-12H3,(H,39,42)(H,40,45). The zero-order chi connectivity index (χ0) is 35.7. The summed E-state index contributed by atoms with van der Waals surface area (Å²) in [5.74, 6) is -1.81. The smallest absolute Gasteiger partial charge is 0.408 e. The molecule has 3 amide bonds. The average molecular weight is 652 g/mol. The molecular weight excluding hydrogens is 594 g/mol. The Balaban J connectivity index is 2.71. The third kappa shape index (κ3) is 12.0. The molecule has 4 atom stereocenters. The van der Waals surface area contributed by atoms with E-state index in [0.717, 1.165) is 11.1 Å². The molecule has 4 unspecified atom stereocenters. The predicted molar refractivity (Wildman–Crippen MR) is 186 cm³/mol. The molecule has 0 aliphatic rings. The van der Waals surface area contributed by atoms with E-state index in [9.17, 15) is 19.2 Å². The molecule has 0 spiro atoms. The van der Waals surface area contributed by atoms with Gasteiger partial charge in [0.05, 0.1) is 0 Å². The minimum Gasteiger partial charge on any atom is -0.458 e. The summed E-state index contributed by atoms with van der Waals surface area (Å²) in [6, 6.07) is 13.7. The number of nitrogens with one attached hydrogen (secondary N) is 2. The lowest BCUT2D eigenvalue weighted by Crippen LogP contribution is -2.61. The molecule has 0 fully saturated rings. The molecule has 9 heteroatoms. The van der Waals surface area contributed by atoms with E-state index in [1.165, 1.54) is 0 Å². The SMILES string of the molecule is CCC(C)C(NC(=O)OC(C)(C)C)C(=O)N(C(C(=O)NC(Cc1ccccc1)C(=O)OC(C)(C)C)c1ccc(C)cc1)C(C)(C)CC. The van der Waals surface area contributed by atoms with Crippen molar-refractivity contribution >= 4 is 23.9 Å². The van der Waals surface area contributed by atoms with E-state index in [0.29, 0.717) is 18.4 Å². The molecule has 2 N–H and O–H groups in total. The van der Waals surface area contributed by atoms with Crippen LogP contribution >= 0.6 is 0 Å². The van der Waals surface area contributed by atoms with Crippen LogP contribution in [0.15, 0.2) is 54.6 Å². The number of rotatable bonds is 13. The molecule has 0 aliphatic carbocycles. The highest BCUT2D eigenvalue weighted by atomic mass is 16.6. The Kier molecular flexibility index (Phi) is 13.6. The maximum Gasteiger partial charge on any atom is 0.408 e. The number of carbonyl (C=O) groups excluding carboxylic acids is 4. The molecule has 2 rings (SSSR count). The molecule has 9 nitrogen and oxygen atoms in total. The number of hydrogen-bond acceptors (Lipinski definition) is 6. The van der Waals surface area contributed by atoms with Crippen molar-refractivity contribution in [2.24, 2.45) is 5.92 Å². The molecule has 0 heterocycles. The molecule has 0 radical (unpaired) electrons. The summed E-state index contributed by atoms with van der Waals surface area (Å²) in [5, 5.41) is 5.78. The zero-order valence-electron chi connectivity index (χ0n) is 30.5. The minimum absolute atomic E-state index is 0.197. The number of ether oxygens (including phenoxy) is 2. The lowest BCUT2D eigenvalue weighted by Gasteiger charge is -2.45. The fourth-order valence-corrected chi connectivity index (χ4v) is 5.05. The number of benzene rings is 2. The van der Waals surface area contributed by atoms with Crippen molar-refractivity contribution in [3.63, 3.8) is 0 Å². The lowest BCUT2D eigenvalue weighted by atomic mass is 9.89. The Morgan fingerprint density at radius 1 is 0.787 bits per heavy atom. The number of aryl methyl sites for hydroxylation is 1. The highest BCUT2D eigenvalue weighted by Crippen LogP contribution is 2.34. The molecule has 0 saturated carbocycles. The number of carbonyl (C=O) groups is 4. The fraction of sp³-hybridized carbons (Fsp3) is 0.579. The Morgan fingerprint density at radius 2 is 1.34 bits per heavy atom. The quantitative estimate of drug-likeness (QED) is 0.224. The van der Waals surface area contributed by atoms with Crippen LogP contribution in [0.4, 0.5) is 4.79 Å². The van der Waals surface area contributed by atoms with Crippen LogP contribution in [0.5, 0.6) is 0 Å². The van der Waals surface area contributed by atoms with Gasteiger partial charge in [-0.25, -0.2) is 9.59 Å². The summed E-state index contributed by atoms with van der Waals surface area (Å²) < 4.78 is 11.3. The molecule has 47 heavy (non-hydrogen) atoms. The number of esters is 1. The number of alkyl carbamates (subject to hydrolysis) is 1. The van der Waals surface area contributed by atoms with Gasteiger partial charge >= 0.3 is 12.1 Å². The third-order valence-electron chi connectivity index (χ3n) is 8.10. The largest absolute Gasteiger partial charge is 0.458 e. The molecule has 0 aliphatic heterocycles. The summed E-state index contributed by atoms with van der Waals surface area (Å²) in [4.78, 5) is 57.6. The first-order valence-electron chi connectivity index (χ1n) is 16.7. The zero-order valence-corrected chi connectivity index (χ0v) is 30.5. The van der Waals surface area contributed by atoms with E-state index in [4.69, 9.17) is 9.47 Å². The molecule has 260 valence electrons. The van der Waals surface area contributed by atoms with Gasteiger partial charge in [-0.3, -0.25) is 9.59 Å². The van der Waals surface area contributed by atoms with Crippen LogP contribution in [0.1, 0.15) is 112 Å².